The number of nitrogens with zero attached hydrogens (tertiary/aromatic N) is 3. The molecule has 0 radical (unpaired) electrons. The van der Waals surface area contributed by atoms with Crippen molar-refractivity contribution in [3.8, 4) is 0 Å². The van der Waals surface area contributed by atoms with Gasteiger partial charge in [-0.1, -0.05) is 42.8 Å². The number of imidazole rings is 1. The highest BCUT2D eigenvalue weighted by atomic mass is 19.4. The summed E-state index contributed by atoms with van der Waals surface area (Å²) >= 11 is 0. The fraction of sp³-hybridized carbons (Fsp3) is 0.391. The molecule has 1 aromatic heterocycles. The monoisotopic (exact) mass is 430 g/mol. The van der Waals surface area contributed by atoms with E-state index in [0.29, 0.717) is 0 Å². The van der Waals surface area contributed by atoms with E-state index < -0.39 is 24.5 Å². The second-order valence-electron chi connectivity index (χ2n) is 7.89. The SMILES string of the molecule is O=C(Cn1c(C(F)(F)F)nc2ccccc21)NCc1ccccc1CN1CCCCC1. The lowest BCUT2D eigenvalue weighted by Gasteiger charge is -2.27. The molecule has 0 atom stereocenters. The van der Waals surface area contributed by atoms with E-state index in [1.54, 1.807) is 18.2 Å². The van der Waals surface area contributed by atoms with Gasteiger partial charge in [-0.2, -0.15) is 13.2 Å². The van der Waals surface area contributed by atoms with Gasteiger partial charge in [0, 0.05) is 13.1 Å². The van der Waals surface area contributed by atoms with Crippen LogP contribution in [0.2, 0.25) is 0 Å². The molecule has 31 heavy (non-hydrogen) atoms. The molecule has 0 spiro atoms. The summed E-state index contributed by atoms with van der Waals surface area (Å²) in [6.45, 7) is 2.78. The number of hydrogen-bond donors (Lipinski definition) is 1. The lowest BCUT2D eigenvalue weighted by atomic mass is 10.0. The number of para-hydroxylation sites is 2. The number of aromatic nitrogens is 2. The molecule has 5 nitrogen and oxygen atoms in total. The minimum absolute atomic E-state index is 0.217. The number of amides is 1. The standard InChI is InChI=1S/C23H25F3N4O/c24-23(25,26)22-28-19-10-4-5-11-20(19)30(22)16-21(31)27-14-17-8-2-3-9-18(17)15-29-12-6-1-7-13-29/h2-5,8-11H,1,6-7,12-16H2,(H,27,31). The van der Waals surface area contributed by atoms with Gasteiger partial charge in [-0.25, -0.2) is 4.98 Å². The second kappa shape index (κ2) is 9.09. The number of likely N-dealkylation sites (tertiary alicyclic amines) is 1. The number of carbonyl (C=O) groups is 1. The van der Waals surface area contributed by atoms with E-state index in [-0.39, 0.29) is 17.6 Å². The molecule has 0 bridgehead atoms. The summed E-state index contributed by atoms with van der Waals surface area (Å²) in [5, 5.41) is 2.78. The molecule has 0 aliphatic carbocycles. The zero-order valence-corrected chi connectivity index (χ0v) is 17.2. The largest absolute Gasteiger partial charge is 0.449 e. The molecule has 2 heterocycles. The van der Waals surface area contributed by atoms with Crippen molar-refractivity contribution in [3.63, 3.8) is 0 Å². The predicted octanol–water partition coefficient (Wildman–Crippen LogP) is 4.36. The van der Waals surface area contributed by atoms with Gasteiger partial charge in [-0.15, -0.1) is 0 Å². The van der Waals surface area contributed by atoms with Crippen LogP contribution >= 0.6 is 0 Å². The number of alkyl halides is 3. The Bertz CT molecular complexity index is 1050. The van der Waals surface area contributed by atoms with Gasteiger partial charge >= 0.3 is 6.18 Å². The van der Waals surface area contributed by atoms with Crippen LogP contribution in [0.1, 0.15) is 36.2 Å². The topological polar surface area (TPSA) is 50.2 Å². The number of hydrogen-bond acceptors (Lipinski definition) is 3. The first kappa shape index (κ1) is 21.4. The van der Waals surface area contributed by atoms with Crippen molar-refractivity contribution >= 4 is 16.9 Å². The van der Waals surface area contributed by atoms with Gasteiger partial charge in [0.15, 0.2) is 0 Å². The number of nitrogens with one attached hydrogen (secondary N) is 1. The third kappa shape index (κ3) is 5.07. The molecule has 3 aromatic rings. The first-order chi connectivity index (χ1) is 14.9. The second-order valence-corrected chi connectivity index (χ2v) is 7.89. The van der Waals surface area contributed by atoms with E-state index in [9.17, 15) is 18.0 Å². The van der Waals surface area contributed by atoms with Crippen molar-refractivity contribution in [2.75, 3.05) is 13.1 Å². The van der Waals surface area contributed by atoms with Gasteiger partial charge in [0.05, 0.1) is 11.0 Å². The molecule has 1 aliphatic rings. The highest BCUT2D eigenvalue weighted by molar-refractivity contribution is 5.81. The minimum Gasteiger partial charge on any atom is -0.350 e. The van der Waals surface area contributed by atoms with Crippen LogP contribution in [0.4, 0.5) is 13.2 Å². The van der Waals surface area contributed by atoms with Gasteiger partial charge in [-0.3, -0.25) is 9.69 Å². The van der Waals surface area contributed by atoms with Gasteiger partial charge in [-0.05, 0) is 49.2 Å². The summed E-state index contributed by atoms with van der Waals surface area (Å²) < 4.78 is 41.3. The van der Waals surface area contributed by atoms with Gasteiger partial charge in [0.25, 0.3) is 0 Å². The quantitative estimate of drug-likeness (QED) is 0.632. The van der Waals surface area contributed by atoms with Crippen LogP contribution in [0, 0.1) is 0 Å². The average molecular weight is 430 g/mol. The Morgan fingerprint density at radius 3 is 2.39 bits per heavy atom. The molecule has 8 heteroatoms. The summed E-state index contributed by atoms with van der Waals surface area (Å²) in [7, 11) is 0. The molecule has 164 valence electrons. The van der Waals surface area contributed by atoms with Crippen molar-refractivity contribution in [1.82, 2.24) is 19.8 Å². The minimum atomic E-state index is -4.64. The first-order valence-corrected chi connectivity index (χ1v) is 10.5. The molecule has 1 saturated heterocycles. The van der Waals surface area contributed by atoms with Crippen molar-refractivity contribution in [3.05, 3.63) is 65.5 Å². The maximum absolute atomic E-state index is 13.4. The summed E-state index contributed by atoms with van der Waals surface area (Å²) in [6.07, 6.45) is -0.990. The number of halogens is 3. The van der Waals surface area contributed by atoms with Crippen LogP contribution in [0.3, 0.4) is 0 Å². The van der Waals surface area contributed by atoms with Crippen molar-refractivity contribution in [2.45, 2.75) is 45.1 Å². The Balaban J connectivity index is 1.46. The zero-order chi connectivity index (χ0) is 21.8. The lowest BCUT2D eigenvalue weighted by molar-refractivity contribution is -0.147. The van der Waals surface area contributed by atoms with Gasteiger partial charge < -0.3 is 9.88 Å². The maximum Gasteiger partial charge on any atom is 0.449 e. The van der Waals surface area contributed by atoms with Crippen molar-refractivity contribution < 1.29 is 18.0 Å². The Hall–Kier alpha value is -2.87. The Kier molecular flexibility index (Phi) is 6.27. The third-order valence-corrected chi connectivity index (χ3v) is 5.65. The normalized spacial score (nSPS) is 15.3. The van der Waals surface area contributed by atoms with E-state index in [2.05, 4.69) is 15.2 Å². The molecule has 4 rings (SSSR count). The van der Waals surface area contributed by atoms with Crippen LogP contribution in [0.25, 0.3) is 11.0 Å². The van der Waals surface area contributed by atoms with E-state index in [4.69, 9.17) is 0 Å². The fourth-order valence-electron chi connectivity index (χ4n) is 4.09. The van der Waals surface area contributed by atoms with Crippen molar-refractivity contribution in [2.24, 2.45) is 0 Å². The Morgan fingerprint density at radius 1 is 0.968 bits per heavy atom. The third-order valence-electron chi connectivity index (χ3n) is 5.65. The van der Waals surface area contributed by atoms with E-state index >= 15 is 0 Å². The summed E-state index contributed by atoms with van der Waals surface area (Å²) in [4.78, 5) is 18.7. The number of rotatable bonds is 6. The van der Waals surface area contributed by atoms with E-state index in [1.807, 2.05) is 24.3 Å². The molecule has 1 fully saturated rings. The summed E-state index contributed by atoms with van der Waals surface area (Å²) in [5.41, 5.74) is 2.62. The molecule has 1 aliphatic heterocycles. The maximum atomic E-state index is 13.4. The highest BCUT2D eigenvalue weighted by Crippen LogP contribution is 2.31. The van der Waals surface area contributed by atoms with Gasteiger partial charge in [0.2, 0.25) is 11.7 Å². The molecular weight excluding hydrogens is 405 g/mol. The molecule has 0 saturated carbocycles. The van der Waals surface area contributed by atoms with E-state index in [1.165, 1.54) is 25.3 Å². The van der Waals surface area contributed by atoms with Crippen LogP contribution in [0.5, 0.6) is 0 Å². The molecule has 2 aromatic carbocycles. The van der Waals surface area contributed by atoms with Crippen LogP contribution < -0.4 is 5.32 Å². The molecule has 1 amide bonds. The van der Waals surface area contributed by atoms with Crippen LogP contribution in [-0.2, 0) is 30.6 Å². The number of carbonyl (C=O) groups excluding carboxylic acids is 1. The Labute approximate surface area is 178 Å². The van der Waals surface area contributed by atoms with Gasteiger partial charge in [0.1, 0.15) is 6.54 Å². The first-order valence-electron chi connectivity index (χ1n) is 10.5. The van der Waals surface area contributed by atoms with Crippen LogP contribution in [0.15, 0.2) is 48.5 Å². The predicted molar refractivity (Wildman–Crippen MR) is 112 cm³/mol. The molecular formula is C23H25F3N4O. The zero-order valence-electron chi connectivity index (χ0n) is 17.2. The number of fused-ring (bicyclic) bond motifs is 1. The van der Waals surface area contributed by atoms with Crippen LogP contribution in [-0.4, -0.2) is 33.4 Å². The van der Waals surface area contributed by atoms with E-state index in [0.717, 1.165) is 35.3 Å². The molecule has 0 unspecified atom stereocenters. The molecule has 1 N–H and O–H groups in total. The summed E-state index contributed by atoms with van der Waals surface area (Å²) in [6, 6.07) is 14.2. The number of benzene rings is 2. The Morgan fingerprint density at radius 2 is 1.65 bits per heavy atom. The smallest absolute Gasteiger partial charge is 0.350 e. The highest BCUT2D eigenvalue weighted by Gasteiger charge is 2.38. The fourth-order valence-corrected chi connectivity index (χ4v) is 4.09. The summed E-state index contributed by atoms with van der Waals surface area (Å²) in [5.74, 6) is -1.55. The lowest BCUT2D eigenvalue weighted by Crippen LogP contribution is -2.31. The number of piperidine rings is 1. The van der Waals surface area contributed by atoms with Crippen molar-refractivity contribution in [1.29, 1.82) is 0 Å². The average Bonchev–Trinajstić information content (AvgIpc) is 3.13.